The number of nitrogens with zero attached hydrogens (tertiary/aromatic N) is 2. The highest BCUT2D eigenvalue weighted by molar-refractivity contribution is 5.72. The SMILES string of the molecule is C[C@@H](c1ccc(F)cc1)c1nc2nc(N)ccc2[nH]1. The van der Waals surface area contributed by atoms with Crippen molar-refractivity contribution in [1.82, 2.24) is 15.0 Å². The number of imidazole rings is 1. The lowest BCUT2D eigenvalue weighted by Crippen LogP contribution is -1.98. The average molecular weight is 256 g/mol. The van der Waals surface area contributed by atoms with Crippen LogP contribution in [0.15, 0.2) is 36.4 Å². The fraction of sp³-hybridized carbons (Fsp3) is 0.143. The molecule has 2 heterocycles. The maximum atomic E-state index is 12.9. The molecule has 0 fully saturated rings. The molecule has 96 valence electrons. The molecule has 0 saturated carbocycles. The van der Waals surface area contributed by atoms with E-state index in [2.05, 4.69) is 15.0 Å². The minimum absolute atomic E-state index is 0.0380. The van der Waals surface area contributed by atoms with E-state index in [0.29, 0.717) is 11.5 Å². The number of aromatic nitrogens is 3. The number of hydrogen-bond donors (Lipinski definition) is 2. The summed E-state index contributed by atoms with van der Waals surface area (Å²) < 4.78 is 12.9. The first-order valence-corrected chi connectivity index (χ1v) is 6.01. The van der Waals surface area contributed by atoms with Gasteiger partial charge in [-0.2, -0.15) is 0 Å². The zero-order chi connectivity index (χ0) is 13.4. The molecule has 0 saturated heterocycles. The number of pyridine rings is 1. The van der Waals surface area contributed by atoms with Gasteiger partial charge in [-0.25, -0.2) is 14.4 Å². The van der Waals surface area contributed by atoms with Gasteiger partial charge in [-0.05, 0) is 29.8 Å². The maximum absolute atomic E-state index is 12.9. The third kappa shape index (κ3) is 2.14. The van der Waals surface area contributed by atoms with Gasteiger partial charge in [-0.1, -0.05) is 19.1 Å². The molecule has 0 spiro atoms. The van der Waals surface area contributed by atoms with Gasteiger partial charge in [0.1, 0.15) is 17.5 Å². The lowest BCUT2D eigenvalue weighted by Gasteiger charge is -2.08. The van der Waals surface area contributed by atoms with Crippen LogP contribution < -0.4 is 5.73 Å². The molecule has 19 heavy (non-hydrogen) atoms. The molecule has 3 N–H and O–H groups in total. The second kappa shape index (κ2) is 4.35. The molecule has 1 atom stereocenters. The second-order valence-electron chi connectivity index (χ2n) is 4.50. The Morgan fingerprint density at radius 3 is 2.58 bits per heavy atom. The molecule has 5 heteroatoms. The molecule has 0 aliphatic heterocycles. The molecule has 4 nitrogen and oxygen atoms in total. The van der Waals surface area contributed by atoms with Crippen molar-refractivity contribution in [2.45, 2.75) is 12.8 Å². The molecule has 0 aliphatic carbocycles. The number of H-pyrrole nitrogens is 1. The Balaban J connectivity index is 2.01. The molecule has 3 aromatic rings. The van der Waals surface area contributed by atoms with Crippen LogP contribution in [0, 0.1) is 5.82 Å². The van der Waals surface area contributed by atoms with Crippen molar-refractivity contribution in [2.24, 2.45) is 0 Å². The molecule has 0 amide bonds. The molecule has 1 aromatic carbocycles. The van der Waals surface area contributed by atoms with Gasteiger partial charge in [-0.15, -0.1) is 0 Å². The van der Waals surface area contributed by atoms with Crippen LogP contribution in [0.1, 0.15) is 24.2 Å². The number of benzene rings is 1. The molecular weight excluding hydrogens is 243 g/mol. The van der Waals surface area contributed by atoms with Gasteiger partial charge in [0.15, 0.2) is 5.65 Å². The molecule has 0 bridgehead atoms. The number of nitrogen functional groups attached to an aromatic ring is 1. The van der Waals surface area contributed by atoms with Crippen molar-refractivity contribution in [3.05, 3.63) is 53.6 Å². The monoisotopic (exact) mass is 256 g/mol. The van der Waals surface area contributed by atoms with Crippen molar-refractivity contribution in [3.63, 3.8) is 0 Å². The van der Waals surface area contributed by atoms with Crippen LogP contribution in [0.4, 0.5) is 10.2 Å². The van der Waals surface area contributed by atoms with Crippen molar-refractivity contribution in [2.75, 3.05) is 5.73 Å². The Kier molecular flexibility index (Phi) is 2.67. The fourth-order valence-electron chi connectivity index (χ4n) is 2.04. The van der Waals surface area contributed by atoms with E-state index < -0.39 is 0 Å². The highest BCUT2D eigenvalue weighted by atomic mass is 19.1. The standard InChI is InChI=1S/C14H13FN4/c1-8(9-2-4-10(15)5-3-9)13-17-11-6-7-12(16)18-14(11)19-13/h2-8H,1H3,(H3,16,17,18,19)/t8-/m0/s1. The van der Waals surface area contributed by atoms with Crippen molar-refractivity contribution >= 4 is 17.0 Å². The van der Waals surface area contributed by atoms with E-state index in [1.165, 1.54) is 12.1 Å². The van der Waals surface area contributed by atoms with Gasteiger partial charge in [0.2, 0.25) is 0 Å². The Hall–Kier alpha value is -2.43. The van der Waals surface area contributed by atoms with Crippen LogP contribution >= 0.6 is 0 Å². The summed E-state index contributed by atoms with van der Waals surface area (Å²) in [5.74, 6) is 1.03. The molecule has 0 unspecified atom stereocenters. The van der Waals surface area contributed by atoms with E-state index in [-0.39, 0.29) is 11.7 Å². The largest absolute Gasteiger partial charge is 0.384 e. The zero-order valence-corrected chi connectivity index (χ0v) is 10.4. The van der Waals surface area contributed by atoms with Crippen molar-refractivity contribution in [3.8, 4) is 0 Å². The topological polar surface area (TPSA) is 67.6 Å². The number of rotatable bonds is 2. The van der Waals surface area contributed by atoms with Crippen LogP contribution in [0.3, 0.4) is 0 Å². The Morgan fingerprint density at radius 2 is 1.84 bits per heavy atom. The van der Waals surface area contributed by atoms with Crippen LogP contribution in [-0.2, 0) is 0 Å². The number of fused-ring (bicyclic) bond motifs is 1. The lowest BCUT2D eigenvalue weighted by atomic mass is 10.0. The average Bonchev–Trinajstić information content (AvgIpc) is 2.81. The molecule has 0 radical (unpaired) electrons. The summed E-state index contributed by atoms with van der Waals surface area (Å²) in [7, 11) is 0. The first-order valence-electron chi connectivity index (χ1n) is 6.01. The minimum Gasteiger partial charge on any atom is -0.384 e. The Labute approximate surface area is 109 Å². The van der Waals surface area contributed by atoms with Gasteiger partial charge < -0.3 is 10.7 Å². The minimum atomic E-state index is -0.241. The maximum Gasteiger partial charge on any atom is 0.179 e. The fourth-order valence-corrected chi connectivity index (χ4v) is 2.04. The number of anilines is 1. The third-order valence-electron chi connectivity index (χ3n) is 3.17. The van der Waals surface area contributed by atoms with E-state index in [1.54, 1.807) is 18.2 Å². The normalized spacial score (nSPS) is 12.7. The van der Waals surface area contributed by atoms with Gasteiger partial charge in [0, 0.05) is 5.92 Å². The number of aromatic amines is 1. The van der Waals surface area contributed by atoms with E-state index in [0.717, 1.165) is 16.9 Å². The van der Waals surface area contributed by atoms with Crippen LogP contribution in [0.25, 0.3) is 11.2 Å². The van der Waals surface area contributed by atoms with Gasteiger partial charge in [-0.3, -0.25) is 0 Å². The predicted molar refractivity (Wildman–Crippen MR) is 72.2 cm³/mol. The quantitative estimate of drug-likeness (QED) is 0.740. The number of halogens is 1. The van der Waals surface area contributed by atoms with Crippen LogP contribution in [-0.4, -0.2) is 15.0 Å². The summed E-state index contributed by atoms with van der Waals surface area (Å²) in [6.07, 6.45) is 0. The second-order valence-corrected chi connectivity index (χ2v) is 4.50. The summed E-state index contributed by atoms with van der Waals surface area (Å²) >= 11 is 0. The highest BCUT2D eigenvalue weighted by Crippen LogP contribution is 2.24. The first-order chi connectivity index (χ1) is 9.13. The first kappa shape index (κ1) is 11.6. The zero-order valence-electron chi connectivity index (χ0n) is 10.4. The van der Waals surface area contributed by atoms with Crippen molar-refractivity contribution in [1.29, 1.82) is 0 Å². The Morgan fingerprint density at radius 1 is 1.11 bits per heavy atom. The predicted octanol–water partition coefficient (Wildman–Crippen LogP) is 2.83. The molecule has 0 aliphatic rings. The molecule has 2 aromatic heterocycles. The third-order valence-corrected chi connectivity index (χ3v) is 3.17. The Bertz CT molecular complexity index is 718. The summed E-state index contributed by atoms with van der Waals surface area (Å²) in [6, 6.07) is 10.00. The van der Waals surface area contributed by atoms with E-state index in [4.69, 9.17) is 5.73 Å². The summed E-state index contributed by atoms with van der Waals surface area (Å²) in [5, 5.41) is 0. The van der Waals surface area contributed by atoms with Gasteiger partial charge >= 0.3 is 0 Å². The van der Waals surface area contributed by atoms with Gasteiger partial charge in [0.25, 0.3) is 0 Å². The van der Waals surface area contributed by atoms with Crippen LogP contribution in [0.5, 0.6) is 0 Å². The number of nitrogens with two attached hydrogens (primary N) is 1. The van der Waals surface area contributed by atoms with Gasteiger partial charge in [0.05, 0.1) is 5.52 Å². The van der Waals surface area contributed by atoms with Crippen LogP contribution in [0.2, 0.25) is 0 Å². The highest BCUT2D eigenvalue weighted by Gasteiger charge is 2.13. The smallest absolute Gasteiger partial charge is 0.179 e. The summed E-state index contributed by atoms with van der Waals surface area (Å²) in [4.78, 5) is 11.8. The lowest BCUT2D eigenvalue weighted by molar-refractivity contribution is 0.626. The summed E-state index contributed by atoms with van der Waals surface area (Å²) in [6.45, 7) is 2.01. The molecule has 3 rings (SSSR count). The summed E-state index contributed by atoms with van der Waals surface area (Å²) in [5.41, 5.74) is 8.07. The van der Waals surface area contributed by atoms with E-state index in [1.807, 2.05) is 13.0 Å². The van der Waals surface area contributed by atoms with E-state index >= 15 is 0 Å². The van der Waals surface area contributed by atoms with E-state index in [9.17, 15) is 4.39 Å². The number of nitrogens with one attached hydrogen (secondary N) is 1. The molecular formula is C14H13FN4. The van der Waals surface area contributed by atoms with Crippen molar-refractivity contribution < 1.29 is 4.39 Å². The number of hydrogen-bond acceptors (Lipinski definition) is 3.